The van der Waals surface area contributed by atoms with Gasteiger partial charge in [-0.25, -0.2) is 4.39 Å². The fourth-order valence-corrected chi connectivity index (χ4v) is 2.14. The predicted molar refractivity (Wildman–Crippen MR) is 54.3 cm³/mol. The van der Waals surface area contributed by atoms with Crippen molar-refractivity contribution in [2.75, 3.05) is 13.9 Å². The molecule has 0 saturated carbocycles. The van der Waals surface area contributed by atoms with Crippen LogP contribution < -0.4 is 4.74 Å². The lowest BCUT2D eigenvalue weighted by Crippen LogP contribution is -2.00. The van der Waals surface area contributed by atoms with Crippen LogP contribution >= 0.6 is 31.9 Å². The molecule has 5 heteroatoms. The molecule has 13 heavy (non-hydrogen) atoms. The van der Waals surface area contributed by atoms with E-state index in [-0.39, 0.29) is 12.6 Å². The Bertz CT molecular complexity index is 281. The van der Waals surface area contributed by atoms with Crippen molar-refractivity contribution in [3.63, 3.8) is 0 Å². The maximum absolute atomic E-state index is 12.8. The third-order valence-electron chi connectivity index (χ3n) is 1.28. The predicted octanol–water partition coefficient (Wildman–Crippen LogP) is 3.33. The van der Waals surface area contributed by atoms with Gasteiger partial charge in [-0.15, -0.1) is 0 Å². The van der Waals surface area contributed by atoms with Crippen molar-refractivity contribution in [1.82, 2.24) is 0 Å². The Morgan fingerprint density at radius 3 is 2.31 bits per heavy atom. The smallest absolute Gasteiger partial charge is 0.188 e. The van der Waals surface area contributed by atoms with Crippen molar-refractivity contribution >= 4 is 31.9 Å². The summed E-state index contributed by atoms with van der Waals surface area (Å²) in [5.41, 5.74) is 0. The third kappa shape index (κ3) is 2.93. The first kappa shape index (κ1) is 10.9. The molecule has 0 spiro atoms. The molecule has 0 unspecified atom stereocenters. The molecule has 1 aromatic carbocycles. The summed E-state index contributed by atoms with van der Waals surface area (Å²) in [5, 5.41) is 0. The number of halogens is 3. The molecule has 0 atom stereocenters. The highest BCUT2D eigenvalue weighted by atomic mass is 79.9. The molecule has 0 heterocycles. The van der Waals surface area contributed by atoms with Crippen LogP contribution in [0.2, 0.25) is 0 Å². The summed E-state index contributed by atoms with van der Waals surface area (Å²) in [5.74, 6) is 0.201. The number of methoxy groups -OCH3 is 1. The molecule has 0 aliphatic rings. The monoisotopic (exact) mass is 312 g/mol. The van der Waals surface area contributed by atoms with Crippen LogP contribution in [0.3, 0.4) is 0 Å². The first-order valence-electron chi connectivity index (χ1n) is 3.41. The maximum atomic E-state index is 12.8. The Morgan fingerprint density at radius 1 is 1.31 bits per heavy atom. The van der Waals surface area contributed by atoms with Crippen LogP contribution in [-0.4, -0.2) is 13.9 Å². The molecule has 1 rings (SSSR count). The fraction of sp³-hybridized carbons (Fsp3) is 0.250. The van der Waals surface area contributed by atoms with Crippen LogP contribution in [0.1, 0.15) is 0 Å². The lowest BCUT2D eigenvalue weighted by atomic mass is 10.3. The second kappa shape index (κ2) is 4.93. The van der Waals surface area contributed by atoms with Gasteiger partial charge in [0.2, 0.25) is 0 Å². The third-order valence-corrected chi connectivity index (χ3v) is 2.46. The Labute approximate surface area is 92.3 Å². The topological polar surface area (TPSA) is 18.5 Å². The zero-order chi connectivity index (χ0) is 9.84. The van der Waals surface area contributed by atoms with Crippen molar-refractivity contribution in [2.24, 2.45) is 0 Å². The van der Waals surface area contributed by atoms with Crippen molar-refractivity contribution in [2.45, 2.75) is 0 Å². The van der Waals surface area contributed by atoms with Gasteiger partial charge >= 0.3 is 0 Å². The van der Waals surface area contributed by atoms with Crippen molar-refractivity contribution in [3.8, 4) is 5.75 Å². The molecule has 0 amide bonds. The molecular formula is C8H7Br2FO2. The Morgan fingerprint density at radius 2 is 1.85 bits per heavy atom. The molecule has 0 aliphatic heterocycles. The standard InChI is InChI=1S/C8H7Br2FO2/c1-12-4-13-8-6(9)2-5(11)3-7(8)10/h2-3H,4H2,1H3. The number of rotatable bonds is 3. The zero-order valence-corrected chi connectivity index (χ0v) is 9.98. The first-order valence-corrected chi connectivity index (χ1v) is 5.00. The van der Waals surface area contributed by atoms with Gasteiger partial charge in [0.25, 0.3) is 0 Å². The Kier molecular flexibility index (Phi) is 4.15. The van der Waals surface area contributed by atoms with E-state index >= 15 is 0 Å². The second-order valence-electron chi connectivity index (χ2n) is 2.25. The molecule has 0 fully saturated rings. The Balaban J connectivity index is 2.92. The van der Waals surface area contributed by atoms with Crippen LogP contribution in [0.15, 0.2) is 21.1 Å². The number of benzene rings is 1. The zero-order valence-electron chi connectivity index (χ0n) is 6.81. The highest BCUT2D eigenvalue weighted by molar-refractivity contribution is 9.11. The minimum Gasteiger partial charge on any atom is -0.465 e. The highest BCUT2D eigenvalue weighted by Gasteiger charge is 2.08. The van der Waals surface area contributed by atoms with Crippen LogP contribution in [-0.2, 0) is 4.74 Å². The van der Waals surface area contributed by atoms with E-state index in [1.165, 1.54) is 19.2 Å². The average Bonchev–Trinajstić information content (AvgIpc) is 2.02. The molecule has 0 aromatic heterocycles. The van der Waals surface area contributed by atoms with E-state index in [9.17, 15) is 4.39 Å². The van der Waals surface area contributed by atoms with E-state index in [1.807, 2.05) is 0 Å². The molecule has 0 bridgehead atoms. The lowest BCUT2D eigenvalue weighted by Gasteiger charge is -2.08. The van der Waals surface area contributed by atoms with Gasteiger partial charge in [-0.3, -0.25) is 0 Å². The molecular weight excluding hydrogens is 307 g/mol. The first-order chi connectivity index (χ1) is 6.15. The summed E-state index contributed by atoms with van der Waals surface area (Å²) >= 11 is 6.36. The van der Waals surface area contributed by atoms with E-state index in [2.05, 4.69) is 31.9 Å². The average molecular weight is 314 g/mol. The maximum Gasteiger partial charge on any atom is 0.188 e. The highest BCUT2D eigenvalue weighted by Crippen LogP contribution is 2.34. The van der Waals surface area contributed by atoms with E-state index in [0.717, 1.165) is 0 Å². The van der Waals surface area contributed by atoms with Gasteiger partial charge in [0.1, 0.15) is 5.82 Å². The van der Waals surface area contributed by atoms with Gasteiger partial charge in [-0.2, -0.15) is 0 Å². The molecule has 1 aromatic rings. The summed E-state index contributed by atoms with van der Waals surface area (Å²) in [7, 11) is 1.52. The van der Waals surface area contributed by atoms with Gasteiger partial charge in [0.15, 0.2) is 12.5 Å². The molecule has 0 N–H and O–H groups in total. The molecule has 0 saturated heterocycles. The quantitative estimate of drug-likeness (QED) is 0.797. The largest absolute Gasteiger partial charge is 0.465 e. The molecule has 0 radical (unpaired) electrons. The number of hydrogen-bond donors (Lipinski definition) is 0. The van der Waals surface area contributed by atoms with Crippen molar-refractivity contribution < 1.29 is 13.9 Å². The van der Waals surface area contributed by atoms with Gasteiger partial charge in [0.05, 0.1) is 8.95 Å². The van der Waals surface area contributed by atoms with Crippen LogP contribution in [0, 0.1) is 5.82 Å². The summed E-state index contributed by atoms with van der Waals surface area (Å²) < 4.78 is 23.8. The molecule has 0 aliphatic carbocycles. The van der Waals surface area contributed by atoms with Gasteiger partial charge in [-0.05, 0) is 44.0 Å². The number of hydrogen-bond acceptors (Lipinski definition) is 2. The molecule has 2 nitrogen and oxygen atoms in total. The van der Waals surface area contributed by atoms with Crippen molar-refractivity contribution in [3.05, 3.63) is 26.9 Å². The minimum atomic E-state index is -0.330. The van der Waals surface area contributed by atoms with Crippen LogP contribution in [0.4, 0.5) is 4.39 Å². The molecule has 72 valence electrons. The number of ether oxygens (including phenoxy) is 2. The fourth-order valence-electron chi connectivity index (χ4n) is 0.785. The Hall–Kier alpha value is -0.130. The van der Waals surface area contributed by atoms with E-state index in [0.29, 0.717) is 14.7 Å². The van der Waals surface area contributed by atoms with E-state index < -0.39 is 0 Å². The van der Waals surface area contributed by atoms with Gasteiger partial charge in [-0.1, -0.05) is 0 Å². The second-order valence-corrected chi connectivity index (χ2v) is 3.96. The summed E-state index contributed by atoms with van der Waals surface area (Å²) in [4.78, 5) is 0. The van der Waals surface area contributed by atoms with Gasteiger partial charge in [0, 0.05) is 7.11 Å². The SMILES string of the molecule is COCOc1c(Br)cc(F)cc1Br. The lowest BCUT2D eigenvalue weighted by molar-refractivity contribution is 0.0499. The van der Waals surface area contributed by atoms with Crippen LogP contribution in [0.25, 0.3) is 0 Å². The normalized spacial score (nSPS) is 10.2. The van der Waals surface area contributed by atoms with Crippen LogP contribution in [0.5, 0.6) is 5.75 Å². The minimum absolute atomic E-state index is 0.128. The summed E-state index contributed by atoms with van der Waals surface area (Å²) in [6.45, 7) is 0.128. The van der Waals surface area contributed by atoms with E-state index in [4.69, 9.17) is 9.47 Å². The van der Waals surface area contributed by atoms with Gasteiger partial charge < -0.3 is 9.47 Å². The summed E-state index contributed by atoms with van der Waals surface area (Å²) in [6, 6.07) is 2.66. The summed E-state index contributed by atoms with van der Waals surface area (Å²) in [6.07, 6.45) is 0. The van der Waals surface area contributed by atoms with E-state index in [1.54, 1.807) is 0 Å². The van der Waals surface area contributed by atoms with Crippen molar-refractivity contribution in [1.29, 1.82) is 0 Å².